The predicted molar refractivity (Wildman–Crippen MR) is 142 cm³/mol. The molecule has 1 unspecified atom stereocenters. The van der Waals surface area contributed by atoms with Gasteiger partial charge in [0.05, 0.1) is 12.3 Å². The highest BCUT2D eigenvalue weighted by Gasteiger charge is 2.27. The first-order valence-corrected chi connectivity index (χ1v) is 14.7. The van der Waals surface area contributed by atoms with Gasteiger partial charge in [0.25, 0.3) is 5.19 Å². The Balaban J connectivity index is 1.21. The Bertz CT molecular complexity index is 1470. The van der Waals surface area contributed by atoms with Crippen LogP contribution in [0.15, 0.2) is 47.9 Å². The summed E-state index contributed by atoms with van der Waals surface area (Å²) >= 11 is 1.41. The van der Waals surface area contributed by atoms with Crippen LogP contribution < -0.4 is 9.64 Å². The van der Waals surface area contributed by atoms with E-state index in [2.05, 4.69) is 31.8 Å². The van der Waals surface area contributed by atoms with Gasteiger partial charge in [-0.1, -0.05) is 11.3 Å². The number of methoxy groups -OCH3 is 1. The Morgan fingerprint density at radius 1 is 1.05 bits per heavy atom. The molecule has 1 atom stereocenters. The fraction of sp³-hybridized carbons (Fsp3) is 0.400. The lowest BCUT2D eigenvalue weighted by Gasteiger charge is -2.34. The van der Waals surface area contributed by atoms with Crippen molar-refractivity contribution < 1.29 is 17.9 Å². The van der Waals surface area contributed by atoms with E-state index in [0.29, 0.717) is 23.4 Å². The molecule has 1 aliphatic rings. The molecule has 4 aromatic heterocycles. The van der Waals surface area contributed by atoms with Gasteiger partial charge in [0.15, 0.2) is 14.9 Å². The number of thiazole rings is 1. The number of sulfone groups is 1. The Kier molecular flexibility index (Phi) is 7.31. The lowest BCUT2D eigenvalue weighted by Crippen LogP contribution is -2.39. The Morgan fingerprint density at radius 2 is 1.81 bits per heavy atom. The van der Waals surface area contributed by atoms with Crippen molar-refractivity contribution in [2.24, 2.45) is 5.92 Å². The SMILES string of the molecule is COCc1cnc(N2CCC(C(C)Oc3nc4ccc(-c5ccc(S(C)(=O)=O)nc5)nc4s3)CC2)nc1. The Hall–Kier alpha value is -3.22. The summed E-state index contributed by atoms with van der Waals surface area (Å²) < 4.78 is 34.7. The maximum Gasteiger partial charge on any atom is 0.276 e. The van der Waals surface area contributed by atoms with E-state index in [0.717, 1.165) is 59.6 Å². The fourth-order valence-corrected chi connectivity index (χ4v) is 5.77. The third kappa shape index (κ3) is 5.86. The van der Waals surface area contributed by atoms with Crippen LogP contribution in [0.2, 0.25) is 0 Å². The van der Waals surface area contributed by atoms with E-state index in [1.807, 2.05) is 24.5 Å². The molecule has 1 saturated heterocycles. The highest BCUT2D eigenvalue weighted by Crippen LogP contribution is 2.32. The smallest absolute Gasteiger partial charge is 0.276 e. The van der Waals surface area contributed by atoms with Crippen LogP contribution >= 0.6 is 11.3 Å². The van der Waals surface area contributed by atoms with Crippen molar-refractivity contribution in [3.63, 3.8) is 0 Å². The van der Waals surface area contributed by atoms with Gasteiger partial charge in [0.1, 0.15) is 16.5 Å². The molecule has 37 heavy (non-hydrogen) atoms. The highest BCUT2D eigenvalue weighted by atomic mass is 32.2. The van der Waals surface area contributed by atoms with E-state index >= 15 is 0 Å². The number of hydrogen-bond donors (Lipinski definition) is 0. The van der Waals surface area contributed by atoms with Gasteiger partial charge in [0.2, 0.25) is 5.95 Å². The van der Waals surface area contributed by atoms with Gasteiger partial charge in [-0.25, -0.2) is 33.3 Å². The van der Waals surface area contributed by atoms with Crippen molar-refractivity contribution in [3.05, 3.63) is 48.4 Å². The van der Waals surface area contributed by atoms with Gasteiger partial charge in [-0.3, -0.25) is 0 Å². The van der Waals surface area contributed by atoms with Crippen LogP contribution in [0, 0.1) is 5.92 Å². The minimum Gasteiger partial charge on any atom is -0.467 e. The molecule has 0 N–H and O–H groups in total. The molecule has 0 radical (unpaired) electrons. The standard InChI is InChI=1S/C25H28N6O4S2/c1-16(18-8-10-31(11-9-18)24-27-12-17(13-28-24)15-34-2)35-25-30-21-6-5-20(29-23(21)36-25)19-4-7-22(26-14-19)37(3,32)33/h4-7,12-14,16,18H,8-11,15H2,1-3H3. The van der Waals surface area contributed by atoms with Crippen LogP contribution in [-0.2, 0) is 21.2 Å². The molecule has 1 aliphatic heterocycles. The summed E-state index contributed by atoms with van der Waals surface area (Å²) in [6, 6.07) is 6.95. The average molecular weight is 541 g/mol. The summed E-state index contributed by atoms with van der Waals surface area (Å²) in [7, 11) is -1.69. The maximum absolute atomic E-state index is 11.7. The second kappa shape index (κ2) is 10.6. The number of rotatable bonds is 8. The highest BCUT2D eigenvalue weighted by molar-refractivity contribution is 7.90. The van der Waals surface area contributed by atoms with Gasteiger partial charge in [-0.05, 0) is 49.9 Å². The lowest BCUT2D eigenvalue weighted by atomic mass is 9.92. The summed E-state index contributed by atoms with van der Waals surface area (Å²) in [5.41, 5.74) is 3.17. The molecule has 0 aliphatic carbocycles. The Morgan fingerprint density at radius 3 is 2.46 bits per heavy atom. The van der Waals surface area contributed by atoms with E-state index in [1.165, 1.54) is 23.6 Å². The molecule has 0 bridgehead atoms. The van der Waals surface area contributed by atoms with Crippen LogP contribution in [0.4, 0.5) is 5.95 Å². The van der Waals surface area contributed by atoms with Gasteiger partial charge >= 0.3 is 0 Å². The molecule has 5 rings (SSSR count). The van der Waals surface area contributed by atoms with Crippen LogP contribution in [-0.4, -0.2) is 65.9 Å². The Labute approximate surface area is 219 Å². The largest absolute Gasteiger partial charge is 0.467 e. The van der Waals surface area contributed by atoms with Gasteiger partial charge in [-0.2, -0.15) is 0 Å². The van der Waals surface area contributed by atoms with Crippen LogP contribution in [0.3, 0.4) is 0 Å². The molecule has 1 fully saturated rings. The van der Waals surface area contributed by atoms with Crippen LogP contribution in [0.1, 0.15) is 25.3 Å². The fourth-order valence-electron chi connectivity index (χ4n) is 4.34. The number of piperidine rings is 1. The number of aromatic nitrogens is 5. The molecule has 10 nitrogen and oxygen atoms in total. The molecule has 12 heteroatoms. The van der Waals surface area contributed by atoms with Gasteiger partial charge in [-0.15, -0.1) is 0 Å². The zero-order valence-electron chi connectivity index (χ0n) is 20.9. The molecule has 4 aromatic rings. The molecule has 0 amide bonds. The van der Waals surface area contributed by atoms with E-state index in [1.54, 1.807) is 13.2 Å². The summed E-state index contributed by atoms with van der Waals surface area (Å²) in [5.74, 6) is 1.15. The van der Waals surface area contributed by atoms with Gasteiger partial charge < -0.3 is 14.4 Å². The normalized spacial score (nSPS) is 15.7. The van der Waals surface area contributed by atoms with Crippen molar-refractivity contribution in [2.45, 2.75) is 37.5 Å². The number of ether oxygens (including phenoxy) is 2. The number of hydrogen-bond acceptors (Lipinski definition) is 11. The zero-order chi connectivity index (χ0) is 26.0. The molecule has 194 valence electrons. The zero-order valence-corrected chi connectivity index (χ0v) is 22.5. The van der Waals surface area contributed by atoms with Crippen molar-refractivity contribution >= 4 is 37.5 Å². The number of pyridine rings is 2. The summed E-state index contributed by atoms with van der Waals surface area (Å²) in [6.07, 6.45) is 8.27. The van der Waals surface area contributed by atoms with E-state index in [-0.39, 0.29) is 11.1 Å². The third-order valence-corrected chi connectivity index (χ3v) is 8.28. The minimum atomic E-state index is -3.34. The topological polar surface area (TPSA) is 120 Å². The molecule has 0 spiro atoms. The molecular weight excluding hydrogens is 512 g/mol. The third-order valence-electron chi connectivity index (χ3n) is 6.42. The van der Waals surface area contributed by atoms with Gasteiger partial charge in [0, 0.05) is 56.2 Å². The number of fused-ring (bicyclic) bond motifs is 1. The monoisotopic (exact) mass is 540 g/mol. The second-order valence-electron chi connectivity index (χ2n) is 9.13. The first kappa shape index (κ1) is 25.4. The molecule has 0 saturated carbocycles. The maximum atomic E-state index is 11.7. The predicted octanol–water partition coefficient (Wildman–Crippen LogP) is 3.78. The minimum absolute atomic E-state index is 0.0138. The summed E-state index contributed by atoms with van der Waals surface area (Å²) in [4.78, 5) is 25.3. The van der Waals surface area contributed by atoms with E-state index < -0.39 is 9.84 Å². The van der Waals surface area contributed by atoms with Crippen LogP contribution in [0.5, 0.6) is 5.19 Å². The summed E-state index contributed by atoms with van der Waals surface area (Å²) in [6.45, 7) is 4.35. The summed E-state index contributed by atoms with van der Waals surface area (Å²) in [5, 5.41) is 0.635. The molecular formula is C25H28N6O4S2. The quantitative estimate of drug-likeness (QED) is 0.326. The number of nitrogens with zero attached hydrogens (tertiary/aromatic N) is 6. The van der Waals surface area contributed by atoms with Crippen molar-refractivity contribution in [1.82, 2.24) is 24.9 Å². The van der Waals surface area contributed by atoms with Crippen molar-refractivity contribution in [2.75, 3.05) is 31.4 Å². The first-order chi connectivity index (χ1) is 17.8. The van der Waals surface area contributed by atoms with Crippen molar-refractivity contribution in [1.29, 1.82) is 0 Å². The second-order valence-corrected chi connectivity index (χ2v) is 12.0. The van der Waals surface area contributed by atoms with Crippen LogP contribution in [0.25, 0.3) is 21.6 Å². The van der Waals surface area contributed by atoms with E-state index in [4.69, 9.17) is 14.5 Å². The van der Waals surface area contributed by atoms with E-state index in [9.17, 15) is 8.42 Å². The van der Waals surface area contributed by atoms with Crippen molar-refractivity contribution in [3.8, 4) is 16.5 Å². The molecule has 5 heterocycles. The first-order valence-electron chi connectivity index (χ1n) is 12.0. The number of anilines is 1. The molecule has 0 aromatic carbocycles. The lowest BCUT2D eigenvalue weighted by molar-refractivity contribution is 0.132. The average Bonchev–Trinajstić information content (AvgIpc) is 3.30.